The van der Waals surface area contributed by atoms with Gasteiger partial charge in [-0.15, -0.1) is 0 Å². The molecule has 1 heterocycles. The predicted octanol–water partition coefficient (Wildman–Crippen LogP) is 1.33. The van der Waals surface area contributed by atoms with Gasteiger partial charge in [0, 0.05) is 37.9 Å². The Morgan fingerprint density at radius 2 is 2.05 bits per heavy atom. The maximum Gasteiger partial charge on any atom is 0.317 e. The van der Waals surface area contributed by atoms with Gasteiger partial charge in [0.25, 0.3) is 5.69 Å². The molecular weight excluding hydrogens is 281 g/mol. The summed E-state index contributed by atoms with van der Waals surface area (Å²) in [5.74, 6) is -1.53. The molecule has 21 heavy (non-hydrogen) atoms. The fraction of sp³-hybridized carbons (Fsp3) is 0.462. The van der Waals surface area contributed by atoms with Crippen LogP contribution in [0.3, 0.4) is 0 Å². The van der Waals surface area contributed by atoms with Gasteiger partial charge >= 0.3 is 5.97 Å². The Balaban J connectivity index is 2.12. The summed E-state index contributed by atoms with van der Waals surface area (Å²) in [6, 6.07) is 3.49. The number of benzene rings is 1. The van der Waals surface area contributed by atoms with Crippen molar-refractivity contribution in [2.45, 2.75) is 6.42 Å². The van der Waals surface area contributed by atoms with Gasteiger partial charge in [-0.25, -0.2) is 4.39 Å². The van der Waals surface area contributed by atoms with Crippen molar-refractivity contribution in [1.82, 2.24) is 4.90 Å². The molecule has 0 radical (unpaired) electrons. The van der Waals surface area contributed by atoms with E-state index in [1.165, 1.54) is 12.1 Å². The van der Waals surface area contributed by atoms with E-state index in [9.17, 15) is 19.3 Å². The van der Waals surface area contributed by atoms with Crippen LogP contribution < -0.4 is 4.90 Å². The Kier molecular flexibility index (Phi) is 4.69. The minimum atomic E-state index is -0.884. The molecule has 0 bridgehead atoms. The maximum atomic E-state index is 13.5. The molecule has 1 saturated heterocycles. The van der Waals surface area contributed by atoms with Gasteiger partial charge in [0.2, 0.25) is 0 Å². The second-order valence-corrected chi connectivity index (χ2v) is 4.94. The third-order valence-corrected chi connectivity index (χ3v) is 3.39. The molecule has 1 aromatic rings. The van der Waals surface area contributed by atoms with Crippen LogP contribution in [0.1, 0.15) is 6.42 Å². The van der Waals surface area contributed by atoms with Gasteiger partial charge in [-0.3, -0.25) is 19.8 Å². The van der Waals surface area contributed by atoms with Crippen molar-refractivity contribution in [2.24, 2.45) is 0 Å². The zero-order valence-electron chi connectivity index (χ0n) is 11.4. The summed E-state index contributed by atoms with van der Waals surface area (Å²) < 4.78 is 13.5. The predicted molar refractivity (Wildman–Crippen MR) is 74.0 cm³/mol. The maximum absolute atomic E-state index is 13.5. The van der Waals surface area contributed by atoms with Gasteiger partial charge in [-0.05, 0) is 12.5 Å². The Hall–Kier alpha value is -2.22. The van der Waals surface area contributed by atoms with Crippen LogP contribution in [0.4, 0.5) is 15.8 Å². The number of halogens is 1. The van der Waals surface area contributed by atoms with Crippen molar-refractivity contribution in [3.8, 4) is 0 Å². The van der Waals surface area contributed by atoms with Crippen molar-refractivity contribution < 1.29 is 19.2 Å². The molecule has 0 spiro atoms. The number of rotatable bonds is 4. The zero-order chi connectivity index (χ0) is 15.4. The molecule has 7 nitrogen and oxygen atoms in total. The Morgan fingerprint density at radius 3 is 2.71 bits per heavy atom. The highest BCUT2D eigenvalue weighted by molar-refractivity contribution is 5.69. The number of aliphatic carboxylic acids is 1. The summed E-state index contributed by atoms with van der Waals surface area (Å²) in [6.45, 7) is 2.25. The van der Waals surface area contributed by atoms with Crippen LogP contribution >= 0.6 is 0 Å². The van der Waals surface area contributed by atoms with E-state index in [-0.39, 0.29) is 12.2 Å². The summed E-state index contributed by atoms with van der Waals surface area (Å²) in [5, 5.41) is 19.6. The molecule has 1 fully saturated rings. The highest BCUT2D eigenvalue weighted by Crippen LogP contribution is 2.24. The number of nitro groups is 1. The molecule has 0 aliphatic carbocycles. The van der Waals surface area contributed by atoms with Crippen LogP contribution in [0.2, 0.25) is 0 Å². The number of anilines is 1. The minimum absolute atomic E-state index is 0.0306. The standard InChI is InChI=1S/C13H16FN3O4/c14-10-6-11(8-12(7-10)17(20)21)16-3-1-2-15(4-5-16)9-13(18)19/h6-8H,1-5,9H2,(H,18,19). The highest BCUT2D eigenvalue weighted by atomic mass is 19.1. The lowest BCUT2D eigenvalue weighted by atomic mass is 10.2. The molecule has 1 aliphatic heterocycles. The summed E-state index contributed by atoms with van der Waals surface area (Å²) in [5.41, 5.74) is 0.176. The Morgan fingerprint density at radius 1 is 1.29 bits per heavy atom. The average molecular weight is 297 g/mol. The zero-order valence-corrected chi connectivity index (χ0v) is 11.4. The lowest BCUT2D eigenvalue weighted by molar-refractivity contribution is -0.385. The summed E-state index contributed by atoms with van der Waals surface area (Å²) in [4.78, 5) is 24.5. The van der Waals surface area contributed by atoms with Crippen molar-refractivity contribution in [2.75, 3.05) is 37.6 Å². The van der Waals surface area contributed by atoms with E-state index in [4.69, 9.17) is 5.11 Å². The fourth-order valence-corrected chi connectivity index (χ4v) is 2.43. The summed E-state index contributed by atoms with van der Waals surface area (Å²) >= 11 is 0. The molecule has 114 valence electrons. The van der Waals surface area contributed by atoms with Crippen LogP contribution in [-0.2, 0) is 4.79 Å². The largest absolute Gasteiger partial charge is 0.480 e. The van der Waals surface area contributed by atoms with Crippen molar-refractivity contribution in [3.63, 3.8) is 0 Å². The molecule has 1 aromatic carbocycles. The molecule has 0 saturated carbocycles. The lowest BCUT2D eigenvalue weighted by Crippen LogP contribution is -2.34. The normalized spacial score (nSPS) is 16.5. The molecule has 8 heteroatoms. The number of non-ortho nitro benzene ring substituents is 1. The first-order chi connectivity index (χ1) is 9.95. The first-order valence-electron chi connectivity index (χ1n) is 6.60. The van der Waals surface area contributed by atoms with Gasteiger partial charge in [0.05, 0.1) is 17.5 Å². The first-order valence-corrected chi connectivity index (χ1v) is 6.60. The smallest absolute Gasteiger partial charge is 0.317 e. The molecule has 2 rings (SSSR count). The van der Waals surface area contributed by atoms with E-state index in [1.54, 1.807) is 4.90 Å². The van der Waals surface area contributed by atoms with Gasteiger partial charge < -0.3 is 10.0 Å². The molecule has 0 amide bonds. The number of hydrogen-bond donors (Lipinski definition) is 1. The van der Waals surface area contributed by atoms with E-state index in [2.05, 4.69) is 0 Å². The number of carbonyl (C=O) groups is 1. The van der Waals surface area contributed by atoms with E-state index < -0.39 is 16.7 Å². The molecular formula is C13H16FN3O4. The fourth-order valence-electron chi connectivity index (χ4n) is 2.43. The van der Waals surface area contributed by atoms with Gasteiger partial charge in [-0.1, -0.05) is 0 Å². The molecule has 0 aromatic heterocycles. The molecule has 1 aliphatic rings. The van der Waals surface area contributed by atoms with Gasteiger partial charge in [-0.2, -0.15) is 0 Å². The lowest BCUT2D eigenvalue weighted by Gasteiger charge is -2.23. The molecule has 0 unspecified atom stereocenters. The number of carboxylic acids is 1. The molecule has 0 atom stereocenters. The Labute approximate surface area is 120 Å². The average Bonchev–Trinajstić information content (AvgIpc) is 2.63. The quantitative estimate of drug-likeness (QED) is 0.666. The van der Waals surface area contributed by atoms with Gasteiger partial charge in [0.1, 0.15) is 5.82 Å². The van der Waals surface area contributed by atoms with Crippen LogP contribution in [0.25, 0.3) is 0 Å². The number of nitro benzene ring substituents is 1. The topological polar surface area (TPSA) is 86.9 Å². The van der Waals surface area contributed by atoms with E-state index in [1.807, 2.05) is 4.90 Å². The van der Waals surface area contributed by atoms with Crippen LogP contribution in [0.15, 0.2) is 18.2 Å². The van der Waals surface area contributed by atoms with E-state index >= 15 is 0 Å². The minimum Gasteiger partial charge on any atom is -0.480 e. The summed E-state index contributed by atoms with van der Waals surface area (Å²) in [7, 11) is 0. The molecule has 1 N–H and O–H groups in total. The van der Waals surface area contributed by atoms with Crippen molar-refractivity contribution >= 4 is 17.3 Å². The number of nitrogens with zero attached hydrogens (tertiary/aromatic N) is 3. The third kappa shape index (κ3) is 4.12. The Bertz CT molecular complexity index is 552. The highest BCUT2D eigenvalue weighted by Gasteiger charge is 2.19. The van der Waals surface area contributed by atoms with E-state index in [0.29, 0.717) is 31.9 Å². The SMILES string of the molecule is O=C(O)CN1CCCN(c2cc(F)cc([N+](=O)[O-])c2)CC1. The first kappa shape index (κ1) is 15.2. The van der Waals surface area contributed by atoms with Crippen molar-refractivity contribution in [1.29, 1.82) is 0 Å². The number of carboxylic acid groups (broad SMARTS) is 1. The number of hydrogen-bond acceptors (Lipinski definition) is 5. The second kappa shape index (κ2) is 6.49. The van der Waals surface area contributed by atoms with Gasteiger partial charge in [0.15, 0.2) is 0 Å². The van der Waals surface area contributed by atoms with Crippen molar-refractivity contribution in [3.05, 3.63) is 34.1 Å². The summed E-state index contributed by atoms with van der Waals surface area (Å²) in [6.07, 6.45) is 0.720. The van der Waals surface area contributed by atoms with Crippen LogP contribution in [-0.4, -0.2) is 53.6 Å². The van der Waals surface area contributed by atoms with Crippen LogP contribution in [0, 0.1) is 15.9 Å². The monoisotopic (exact) mass is 297 g/mol. The van der Waals surface area contributed by atoms with E-state index in [0.717, 1.165) is 12.5 Å². The third-order valence-electron chi connectivity index (χ3n) is 3.39. The van der Waals surface area contributed by atoms with Crippen LogP contribution in [0.5, 0.6) is 0 Å². The second-order valence-electron chi connectivity index (χ2n) is 4.94.